The van der Waals surface area contributed by atoms with Crippen LogP contribution in [0.3, 0.4) is 0 Å². The summed E-state index contributed by atoms with van der Waals surface area (Å²) in [6.45, 7) is 8.61. The van der Waals surface area contributed by atoms with Gasteiger partial charge in [0.25, 0.3) is 0 Å². The van der Waals surface area contributed by atoms with Crippen LogP contribution in [0.4, 0.5) is 0 Å². The van der Waals surface area contributed by atoms with Gasteiger partial charge in [0.15, 0.2) is 5.78 Å². The molecule has 1 N–H and O–H groups in total. The Morgan fingerprint density at radius 2 is 2.00 bits per heavy atom. The van der Waals surface area contributed by atoms with Gasteiger partial charge in [0.05, 0.1) is 43.9 Å². The topological polar surface area (TPSA) is 108 Å². The fourth-order valence-corrected chi connectivity index (χ4v) is 8.76. The molecule has 1 saturated carbocycles. The van der Waals surface area contributed by atoms with E-state index in [1.54, 1.807) is 6.08 Å². The molecular weight excluding hydrogens is 452 g/mol. The maximum atomic E-state index is 13.0. The Balaban J connectivity index is 1.52. The lowest BCUT2D eigenvalue weighted by Gasteiger charge is -2.60. The number of cyclic esters (lactones) is 1. The number of ketones is 1. The molecule has 35 heavy (non-hydrogen) atoms. The molecule has 0 amide bonds. The number of carbonyl (C=O) groups is 3. The van der Waals surface area contributed by atoms with E-state index in [2.05, 4.69) is 13.8 Å². The van der Waals surface area contributed by atoms with E-state index < -0.39 is 28.5 Å². The number of ether oxygens (including phenoxy) is 4. The average molecular weight is 485 g/mol. The average Bonchev–Trinajstić information content (AvgIpc) is 3.51. The third-order valence-electron chi connectivity index (χ3n) is 10.2. The number of carbonyl (C=O) groups excluding carboxylic acids is 3. The van der Waals surface area contributed by atoms with Gasteiger partial charge in [-0.1, -0.05) is 25.5 Å². The summed E-state index contributed by atoms with van der Waals surface area (Å²) < 4.78 is 23.2. The summed E-state index contributed by atoms with van der Waals surface area (Å²) in [6.07, 6.45) is 3.70. The van der Waals surface area contributed by atoms with Crippen molar-refractivity contribution in [3.05, 3.63) is 34.9 Å². The number of aliphatic hydroxyl groups excluding tert-OH is 1. The molecule has 6 rings (SSSR count). The van der Waals surface area contributed by atoms with Crippen LogP contribution in [0.5, 0.6) is 0 Å². The van der Waals surface area contributed by atoms with Gasteiger partial charge in [0.2, 0.25) is 6.29 Å². The summed E-state index contributed by atoms with van der Waals surface area (Å²) in [6, 6.07) is 0. The smallest absolute Gasteiger partial charge is 0.333 e. The van der Waals surface area contributed by atoms with Gasteiger partial charge < -0.3 is 24.1 Å². The Morgan fingerprint density at radius 3 is 2.66 bits per heavy atom. The molecule has 0 aromatic heterocycles. The van der Waals surface area contributed by atoms with Crippen molar-refractivity contribution in [3.63, 3.8) is 0 Å². The highest BCUT2D eigenvalue weighted by Crippen LogP contribution is 2.71. The van der Waals surface area contributed by atoms with E-state index in [-0.39, 0.29) is 54.2 Å². The molecule has 2 saturated heterocycles. The molecule has 0 unspecified atom stereocenters. The van der Waals surface area contributed by atoms with Gasteiger partial charge in [-0.3, -0.25) is 9.59 Å². The van der Waals surface area contributed by atoms with E-state index in [0.29, 0.717) is 18.6 Å². The molecule has 0 radical (unpaired) electrons. The number of hydrogen-bond acceptors (Lipinski definition) is 8. The van der Waals surface area contributed by atoms with Gasteiger partial charge in [-0.2, -0.15) is 0 Å². The first-order valence-electron chi connectivity index (χ1n) is 12.4. The van der Waals surface area contributed by atoms with Crippen LogP contribution in [0.1, 0.15) is 40.5 Å². The van der Waals surface area contributed by atoms with Gasteiger partial charge >= 0.3 is 11.9 Å². The summed E-state index contributed by atoms with van der Waals surface area (Å²) in [4.78, 5) is 37.6. The van der Waals surface area contributed by atoms with Crippen molar-refractivity contribution in [2.75, 3.05) is 13.7 Å². The normalized spacial score (nSPS) is 49.5. The van der Waals surface area contributed by atoms with Gasteiger partial charge in [0.1, 0.15) is 0 Å². The van der Waals surface area contributed by atoms with Crippen molar-refractivity contribution in [2.24, 2.45) is 34.0 Å². The molecule has 10 atom stereocenters. The molecule has 0 bridgehead atoms. The van der Waals surface area contributed by atoms with Gasteiger partial charge in [0, 0.05) is 28.9 Å². The number of esters is 2. The Morgan fingerprint density at radius 1 is 1.26 bits per heavy atom. The quantitative estimate of drug-likeness (QED) is 0.480. The van der Waals surface area contributed by atoms with Crippen molar-refractivity contribution in [1.82, 2.24) is 0 Å². The summed E-state index contributed by atoms with van der Waals surface area (Å²) in [5, 5.41) is 10.3. The molecule has 8 nitrogen and oxygen atoms in total. The first kappa shape index (κ1) is 23.1. The fraction of sp³-hybridized carbons (Fsp3) is 0.667. The Labute approximate surface area is 204 Å². The molecule has 0 spiro atoms. The van der Waals surface area contributed by atoms with Gasteiger partial charge in [-0.25, -0.2) is 4.79 Å². The highest BCUT2D eigenvalue weighted by atomic mass is 16.6. The van der Waals surface area contributed by atoms with Gasteiger partial charge in [-0.05, 0) is 43.3 Å². The number of aliphatic hydroxyl groups is 1. The molecule has 6 aliphatic rings. The van der Waals surface area contributed by atoms with Crippen molar-refractivity contribution < 1.29 is 38.4 Å². The standard InChI is InChI=1S/C27H32O8/c1-12-13(14-9-19(30)35-24(14)31)8-15-20(12)27(4)16(10-18(29)32-5)25(2)7-6-17(28)26(3)11-33-21(22(25)26)23(27)34-15/h6-7,9,13,15-16,21-24,31H,8,10-11H2,1-5H3/t13-,15-,16-,21-,22+,23-,24-,25-,26-,27-/m1/s1. The molecule has 0 aromatic rings. The highest BCUT2D eigenvalue weighted by molar-refractivity contribution is 5.96. The highest BCUT2D eigenvalue weighted by Gasteiger charge is 2.74. The van der Waals surface area contributed by atoms with Crippen LogP contribution in [0.2, 0.25) is 0 Å². The van der Waals surface area contributed by atoms with Crippen molar-refractivity contribution in [3.8, 4) is 0 Å². The summed E-state index contributed by atoms with van der Waals surface area (Å²) in [5.41, 5.74) is 0.952. The van der Waals surface area contributed by atoms with E-state index in [9.17, 15) is 19.5 Å². The predicted molar refractivity (Wildman–Crippen MR) is 121 cm³/mol. The summed E-state index contributed by atoms with van der Waals surface area (Å²) in [7, 11) is 1.40. The lowest BCUT2D eigenvalue weighted by molar-refractivity contribution is -0.178. The number of allylic oxidation sites excluding steroid dienone is 3. The minimum Gasteiger partial charge on any atom is -0.469 e. The maximum Gasteiger partial charge on any atom is 0.333 e. The summed E-state index contributed by atoms with van der Waals surface area (Å²) in [5.74, 6) is -1.29. The monoisotopic (exact) mass is 484 g/mol. The van der Waals surface area contributed by atoms with E-state index in [1.807, 2.05) is 19.9 Å². The SMILES string of the molecule is COC(=O)C[C@@H]1[C@@]2(C)C=CC(=O)[C@@]3(C)CO[C@@H]([C@H]4O[C@@H]5C[C@@H](C6=CC(=O)O[C@H]6O)C(C)=C5[C@]41C)[C@@H]23. The predicted octanol–water partition coefficient (Wildman–Crippen LogP) is 2.26. The molecule has 3 aliphatic heterocycles. The van der Waals surface area contributed by atoms with Crippen LogP contribution < -0.4 is 0 Å². The third kappa shape index (κ3) is 2.71. The van der Waals surface area contributed by atoms with Crippen LogP contribution in [-0.4, -0.2) is 61.1 Å². The second kappa shape index (κ2) is 7.14. The Bertz CT molecular complexity index is 1130. The lowest BCUT2D eigenvalue weighted by atomic mass is 9.42. The molecule has 8 heteroatoms. The largest absolute Gasteiger partial charge is 0.469 e. The first-order chi connectivity index (χ1) is 16.5. The van der Waals surface area contributed by atoms with E-state index in [1.165, 1.54) is 13.2 Å². The molecule has 3 heterocycles. The number of fused-ring (bicyclic) bond motifs is 4. The van der Waals surface area contributed by atoms with Crippen molar-refractivity contribution in [2.45, 2.75) is 65.1 Å². The fourth-order valence-electron chi connectivity index (χ4n) is 8.76. The third-order valence-corrected chi connectivity index (χ3v) is 10.2. The molecule has 3 fully saturated rings. The molecule has 0 aromatic carbocycles. The molecular formula is C27H32O8. The molecule has 3 aliphatic carbocycles. The molecule has 188 valence electrons. The zero-order chi connectivity index (χ0) is 25.1. The van der Waals surface area contributed by atoms with E-state index >= 15 is 0 Å². The van der Waals surface area contributed by atoms with Crippen LogP contribution in [0.25, 0.3) is 0 Å². The number of hydrogen-bond donors (Lipinski definition) is 1. The maximum absolute atomic E-state index is 13.0. The second-order valence-corrected chi connectivity index (χ2v) is 11.7. The number of rotatable bonds is 3. The number of methoxy groups -OCH3 is 1. The minimum atomic E-state index is -1.25. The van der Waals surface area contributed by atoms with Crippen molar-refractivity contribution >= 4 is 17.7 Å². The lowest BCUT2D eigenvalue weighted by Crippen LogP contribution is -2.64. The summed E-state index contributed by atoms with van der Waals surface area (Å²) >= 11 is 0. The zero-order valence-electron chi connectivity index (χ0n) is 20.7. The van der Waals surface area contributed by atoms with Crippen LogP contribution in [-0.2, 0) is 33.3 Å². The van der Waals surface area contributed by atoms with E-state index in [4.69, 9.17) is 18.9 Å². The van der Waals surface area contributed by atoms with E-state index in [0.717, 1.165) is 11.1 Å². The zero-order valence-corrected chi connectivity index (χ0v) is 20.7. The Hall–Kier alpha value is -2.29. The van der Waals surface area contributed by atoms with Crippen molar-refractivity contribution in [1.29, 1.82) is 0 Å². The minimum absolute atomic E-state index is 0.0587. The van der Waals surface area contributed by atoms with Crippen LogP contribution >= 0.6 is 0 Å². The second-order valence-electron chi connectivity index (χ2n) is 11.7. The van der Waals surface area contributed by atoms with Crippen LogP contribution in [0, 0.1) is 34.0 Å². The first-order valence-corrected chi connectivity index (χ1v) is 12.4. The van der Waals surface area contributed by atoms with Crippen LogP contribution in [0.15, 0.2) is 34.9 Å². The van der Waals surface area contributed by atoms with Gasteiger partial charge in [-0.15, -0.1) is 0 Å². The Kier molecular flexibility index (Phi) is 4.72.